The highest BCUT2D eigenvalue weighted by Crippen LogP contribution is 2.39. The summed E-state index contributed by atoms with van der Waals surface area (Å²) in [5, 5.41) is 14.2. The molecular formula is C48H30N4. The van der Waals surface area contributed by atoms with E-state index < -0.39 is 0 Å². The predicted octanol–water partition coefficient (Wildman–Crippen LogP) is 12.1. The lowest BCUT2D eigenvalue weighted by molar-refractivity contribution is 1.18. The van der Waals surface area contributed by atoms with Gasteiger partial charge < -0.3 is 9.13 Å². The van der Waals surface area contributed by atoms with E-state index in [0.29, 0.717) is 5.56 Å². The van der Waals surface area contributed by atoms with E-state index >= 15 is 0 Å². The van der Waals surface area contributed by atoms with Crippen molar-refractivity contribution in [3.63, 3.8) is 0 Å². The Labute approximate surface area is 300 Å². The second-order valence-corrected chi connectivity index (χ2v) is 13.2. The van der Waals surface area contributed by atoms with E-state index in [9.17, 15) is 5.26 Å². The van der Waals surface area contributed by atoms with E-state index in [0.717, 1.165) is 56.0 Å². The van der Waals surface area contributed by atoms with Crippen LogP contribution in [0.5, 0.6) is 0 Å². The molecule has 52 heavy (non-hydrogen) atoms. The standard InChI is InChI=1S/C48H30N4/c49-31-32-21-23-33(24-22-32)43-16-10-17-44(50-43)36-27-35(28-38(29-36)52-45-18-7-4-13-39(45)40-14-5-8-19-46(40)52)34-25-26-48-42(30-34)41-15-6-9-20-47(41)51(48)37-11-2-1-3-12-37/h1-30H. The normalized spacial score (nSPS) is 11.4. The van der Waals surface area contributed by atoms with Crippen molar-refractivity contribution in [2.45, 2.75) is 0 Å². The van der Waals surface area contributed by atoms with Crippen LogP contribution >= 0.6 is 0 Å². The van der Waals surface area contributed by atoms with Crippen molar-refractivity contribution in [3.8, 4) is 51.1 Å². The lowest BCUT2D eigenvalue weighted by Gasteiger charge is -2.14. The van der Waals surface area contributed by atoms with Gasteiger partial charge in [0.2, 0.25) is 0 Å². The number of rotatable bonds is 5. The maximum Gasteiger partial charge on any atom is 0.0991 e. The molecule has 3 aromatic heterocycles. The number of benzene rings is 7. The highest BCUT2D eigenvalue weighted by atomic mass is 15.0. The molecule has 0 radical (unpaired) electrons. The Morgan fingerprint density at radius 1 is 0.365 bits per heavy atom. The smallest absolute Gasteiger partial charge is 0.0991 e. The maximum absolute atomic E-state index is 9.34. The molecule has 0 unspecified atom stereocenters. The third-order valence-corrected chi connectivity index (χ3v) is 10.1. The van der Waals surface area contributed by atoms with Crippen molar-refractivity contribution in [1.82, 2.24) is 14.1 Å². The molecule has 0 saturated carbocycles. The van der Waals surface area contributed by atoms with E-state index in [4.69, 9.17) is 4.98 Å². The Morgan fingerprint density at radius 3 is 1.54 bits per heavy atom. The number of hydrogen-bond donors (Lipinski definition) is 0. The molecule has 0 amide bonds. The van der Waals surface area contributed by atoms with Crippen LogP contribution in [-0.4, -0.2) is 14.1 Å². The SMILES string of the molecule is N#Cc1ccc(-c2cccc(-c3cc(-c4ccc5c(c4)c4ccccc4n5-c4ccccc4)cc(-n4c5ccccc5c5ccccc54)c3)n2)cc1. The van der Waals surface area contributed by atoms with Gasteiger partial charge in [0, 0.05) is 44.0 Å². The number of pyridine rings is 1. The number of nitrogens with zero attached hydrogens (tertiary/aromatic N) is 4. The summed E-state index contributed by atoms with van der Waals surface area (Å²) in [4.78, 5) is 5.18. The Kier molecular flexibility index (Phi) is 6.84. The van der Waals surface area contributed by atoms with Gasteiger partial charge in [-0.2, -0.15) is 5.26 Å². The second kappa shape index (κ2) is 12.0. The van der Waals surface area contributed by atoms with Crippen LogP contribution < -0.4 is 0 Å². The van der Waals surface area contributed by atoms with Gasteiger partial charge >= 0.3 is 0 Å². The quantitative estimate of drug-likeness (QED) is 0.184. The monoisotopic (exact) mass is 662 g/mol. The topological polar surface area (TPSA) is 46.5 Å². The van der Waals surface area contributed by atoms with Crippen LogP contribution in [0.3, 0.4) is 0 Å². The molecule has 7 aromatic carbocycles. The highest BCUT2D eigenvalue weighted by Gasteiger charge is 2.17. The summed E-state index contributed by atoms with van der Waals surface area (Å²) >= 11 is 0. The van der Waals surface area contributed by atoms with Crippen LogP contribution in [0.2, 0.25) is 0 Å². The fourth-order valence-corrected chi connectivity index (χ4v) is 7.74. The lowest BCUT2D eigenvalue weighted by Crippen LogP contribution is -1.97. The number of hydrogen-bond acceptors (Lipinski definition) is 2. The first-order valence-corrected chi connectivity index (χ1v) is 17.4. The van der Waals surface area contributed by atoms with E-state index in [-0.39, 0.29) is 0 Å². The van der Waals surface area contributed by atoms with Crippen molar-refractivity contribution in [2.24, 2.45) is 0 Å². The van der Waals surface area contributed by atoms with Gasteiger partial charge in [0.1, 0.15) is 0 Å². The molecule has 0 N–H and O–H groups in total. The third kappa shape index (κ3) is 4.80. The average molecular weight is 663 g/mol. The third-order valence-electron chi connectivity index (χ3n) is 10.1. The molecule has 4 nitrogen and oxygen atoms in total. The molecule has 0 atom stereocenters. The van der Waals surface area contributed by atoms with Gasteiger partial charge in [-0.05, 0) is 96.1 Å². The van der Waals surface area contributed by atoms with Gasteiger partial charge in [-0.1, -0.05) is 97.1 Å². The molecule has 242 valence electrons. The van der Waals surface area contributed by atoms with E-state index in [1.54, 1.807) is 0 Å². The van der Waals surface area contributed by atoms with Crippen LogP contribution in [0.1, 0.15) is 5.56 Å². The summed E-state index contributed by atoms with van der Waals surface area (Å²) < 4.78 is 4.73. The number of fused-ring (bicyclic) bond motifs is 6. The predicted molar refractivity (Wildman–Crippen MR) is 214 cm³/mol. The Bertz CT molecular complexity index is 2960. The molecule has 0 aliphatic heterocycles. The first-order valence-electron chi connectivity index (χ1n) is 17.4. The minimum Gasteiger partial charge on any atom is -0.309 e. The average Bonchev–Trinajstić information content (AvgIpc) is 3.74. The van der Waals surface area contributed by atoms with Gasteiger partial charge in [0.25, 0.3) is 0 Å². The van der Waals surface area contributed by atoms with Crippen LogP contribution in [0.15, 0.2) is 182 Å². The maximum atomic E-state index is 9.34. The minimum atomic E-state index is 0.632. The summed E-state index contributed by atoms with van der Waals surface area (Å²) in [5.74, 6) is 0. The van der Waals surface area contributed by atoms with Crippen molar-refractivity contribution in [2.75, 3.05) is 0 Å². The molecule has 0 saturated heterocycles. The fraction of sp³-hybridized carbons (Fsp3) is 0. The fourth-order valence-electron chi connectivity index (χ4n) is 7.74. The molecule has 0 spiro atoms. The van der Waals surface area contributed by atoms with Gasteiger partial charge in [-0.25, -0.2) is 4.98 Å². The number of para-hydroxylation sites is 4. The van der Waals surface area contributed by atoms with E-state index in [2.05, 4.69) is 167 Å². The van der Waals surface area contributed by atoms with E-state index in [1.165, 1.54) is 32.6 Å². The van der Waals surface area contributed by atoms with Gasteiger partial charge in [0.15, 0.2) is 0 Å². The Hall–Kier alpha value is -7.22. The molecular weight excluding hydrogens is 633 g/mol. The second-order valence-electron chi connectivity index (χ2n) is 13.2. The Morgan fingerprint density at radius 2 is 0.885 bits per heavy atom. The first kappa shape index (κ1) is 29.7. The zero-order valence-corrected chi connectivity index (χ0v) is 28.1. The Balaban J connectivity index is 1.22. The van der Waals surface area contributed by atoms with Gasteiger partial charge in [0.05, 0.1) is 45.1 Å². The van der Waals surface area contributed by atoms with Crippen LogP contribution in [-0.2, 0) is 0 Å². The summed E-state index contributed by atoms with van der Waals surface area (Å²) in [5.41, 5.74) is 13.5. The largest absolute Gasteiger partial charge is 0.309 e. The molecule has 0 aliphatic carbocycles. The summed E-state index contributed by atoms with van der Waals surface area (Å²) in [6.07, 6.45) is 0. The molecule has 0 fully saturated rings. The number of aromatic nitrogens is 3. The molecule has 3 heterocycles. The van der Waals surface area contributed by atoms with Gasteiger partial charge in [-0.3, -0.25) is 0 Å². The van der Waals surface area contributed by atoms with Crippen molar-refractivity contribution in [3.05, 3.63) is 188 Å². The summed E-state index contributed by atoms with van der Waals surface area (Å²) in [7, 11) is 0. The van der Waals surface area contributed by atoms with Crippen LogP contribution in [0.4, 0.5) is 0 Å². The van der Waals surface area contributed by atoms with Gasteiger partial charge in [-0.15, -0.1) is 0 Å². The molecule has 10 aromatic rings. The summed E-state index contributed by atoms with van der Waals surface area (Å²) in [6, 6.07) is 66.2. The summed E-state index contributed by atoms with van der Waals surface area (Å²) in [6.45, 7) is 0. The molecule has 10 rings (SSSR count). The molecule has 0 bridgehead atoms. The van der Waals surface area contributed by atoms with Crippen LogP contribution in [0, 0.1) is 11.3 Å². The highest BCUT2D eigenvalue weighted by molar-refractivity contribution is 6.11. The van der Waals surface area contributed by atoms with Crippen molar-refractivity contribution >= 4 is 43.6 Å². The first-order chi connectivity index (χ1) is 25.7. The van der Waals surface area contributed by atoms with E-state index in [1.807, 2.05) is 30.3 Å². The zero-order valence-electron chi connectivity index (χ0n) is 28.1. The zero-order chi connectivity index (χ0) is 34.6. The number of nitriles is 1. The molecule has 4 heteroatoms. The minimum absolute atomic E-state index is 0.632. The van der Waals surface area contributed by atoms with Crippen molar-refractivity contribution in [1.29, 1.82) is 5.26 Å². The van der Waals surface area contributed by atoms with Crippen molar-refractivity contribution < 1.29 is 0 Å². The lowest BCUT2D eigenvalue weighted by atomic mass is 9.98. The molecule has 0 aliphatic rings. The van der Waals surface area contributed by atoms with Crippen LogP contribution in [0.25, 0.3) is 88.6 Å².